The Morgan fingerprint density at radius 1 is 1.24 bits per heavy atom. The van der Waals surface area contributed by atoms with Crippen molar-refractivity contribution in [3.8, 4) is 11.5 Å². The molecule has 1 aromatic heterocycles. The number of thiocarbonyl (C=S) groups is 1. The number of nitrogens with one attached hydrogen (secondary N) is 1. The maximum absolute atomic E-state index is 5.64. The lowest BCUT2D eigenvalue weighted by atomic mass is 10.2. The fourth-order valence-electron chi connectivity index (χ4n) is 2.49. The molecular weight excluding hydrogens is 336 g/mol. The number of nitrogens with zero attached hydrogens (tertiary/aromatic N) is 3. The van der Waals surface area contributed by atoms with Crippen molar-refractivity contribution in [3.63, 3.8) is 0 Å². The number of likely N-dealkylation sites (N-methyl/N-ethyl adjacent to an activating group) is 1. The van der Waals surface area contributed by atoms with Gasteiger partial charge in [-0.25, -0.2) is 0 Å². The molecular formula is C18H22N4O2S. The SMILES string of the molecule is CN(C)CCNC(=S)N(Cc1cccnc1)c1ccc2c(c1)OCO2. The van der Waals surface area contributed by atoms with Crippen LogP contribution in [0.2, 0.25) is 0 Å². The maximum Gasteiger partial charge on any atom is 0.231 e. The first-order valence-electron chi connectivity index (χ1n) is 8.12. The number of pyridine rings is 1. The zero-order valence-electron chi connectivity index (χ0n) is 14.4. The van der Waals surface area contributed by atoms with Gasteiger partial charge in [-0.3, -0.25) is 4.98 Å². The Kier molecular flexibility index (Phi) is 5.67. The molecule has 0 saturated carbocycles. The van der Waals surface area contributed by atoms with E-state index >= 15 is 0 Å². The number of benzene rings is 1. The third kappa shape index (κ3) is 4.58. The number of hydrogen-bond donors (Lipinski definition) is 1. The van der Waals surface area contributed by atoms with Gasteiger partial charge in [-0.2, -0.15) is 0 Å². The highest BCUT2D eigenvalue weighted by Crippen LogP contribution is 2.35. The third-order valence-electron chi connectivity index (χ3n) is 3.81. The lowest BCUT2D eigenvalue weighted by molar-refractivity contribution is 0.174. The van der Waals surface area contributed by atoms with Crippen LogP contribution < -0.4 is 19.7 Å². The molecule has 0 atom stereocenters. The molecule has 0 spiro atoms. The van der Waals surface area contributed by atoms with Gasteiger partial charge in [0.1, 0.15) is 0 Å². The van der Waals surface area contributed by atoms with Crippen LogP contribution in [0.3, 0.4) is 0 Å². The van der Waals surface area contributed by atoms with E-state index in [2.05, 4.69) is 15.2 Å². The van der Waals surface area contributed by atoms with Crippen LogP contribution in [0, 0.1) is 0 Å². The summed E-state index contributed by atoms with van der Waals surface area (Å²) in [5, 5.41) is 3.99. The van der Waals surface area contributed by atoms with Gasteiger partial charge in [-0.15, -0.1) is 0 Å². The van der Waals surface area contributed by atoms with E-state index in [4.69, 9.17) is 21.7 Å². The van der Waals surface area contributed by atoms with Crippen LogP contribution in [0.5, 0.6) is 11.5 Å². The lowest BCUT2D eigenvalue weighted by Crippen LogP contribution is -2.42. The molecule has 0 saturated heterocycles. The van der Waals surface area contributed by atoms with Gasteiger partial charge in [0.15, 0.2) is 16.6 Å². The standard InChI is InChI=1S/C18H22N4O2S/c1-21(2)9-8-20-18(25)22(12-14-4-3-7-19-11-14)15-5-6-16-17(10-15)24-13-23-16/h3-7,10-11H,8-9,12-13H2,1-2H3,(H,20,25). The van der Waals surface area contributed by atoms with Crippen molar-refractivity contribution in [2.24, 2.45) is 0 Å². The second kappa shape index (κ2) is 8.13. The Balaban J connectivity index is 1.79. The molecule has 1 N–H and O–H groups in total. The number of rotatable bonds is 6. The average Bonchev–Trinajstić information content (AvgIpc) is 3.07. The van der Waals surface area contributed by atoms with E-state index in [0.29, 0.717) is 11.7 Å². The van der Waals surface area contributed by atoms with Gasteiger partial charge in [-0.1, -0.05) is 6.07 Å². The molecule has 1 aliphatic heterocycles. The third-order valence-corrected chi connectivity index (χ3v) is 4.18. The molecule has 1 aromatic carbocycles. The normalized spacial score (nSPS) is 12.3. The maximum atomic E-state index is 5.64. The summed E-state index contributed by atoms with van der Waals surface area (Å²) < 4.78 is 10.9. The summed E-state index contributed by atoms with van der Waals surface area (Å²) in [7, 11) is 4.08. The largest absolute Gasteiger partial charge is 0.454 e. The molecule has 0 fully saturated rings. The first kappa shape index (κ1) is 17.4. The molecule has 132 valence electrons. The Morgan fingerprint density at radius 3 is 2.84 bits per heavy atom. The van der Waals surface area contributed by atoms with E-state index in [1.165, 1.54) is 0 Å². The molecule has 1 aliphatic rings. The molecule has 0 bridgehead atoms. The van der Waals surface area contributed by atoms with E-state index in [1.807, 2.05) is 55.5 Å². The number of hydrogen-bond acceptors (Lipinski definition) is 5. The van der Waals surface area contributed by atoms with E-state index in [-0.39, 0.29) is 6.79 Å². The summed E-state index contributed by atoms with van der Waals surface area (Å²) in [4.78, 5) is 8.35. The predicted octanol–water partition coefficient (Wildman–Crippen LogP) is 2.25. The molecule has 0 radical (unpaired) electrons. The monoisotopic (exact) mass is 358 g/mol. The van der Waals surface area contributed by atoms with Crippen LogP contribution in [-0.2, 0) is 6.54 Å². The second-order valence-corrected chi connectivity index (χ2v) is 6.41. The van der Waals surface area contributed by atoms with Gasteiger partial charge in [0.05, 0.1) is 6.54 Å². The summed E-state index contributed by atoms with van der Waals surface area (Å²) >= 11 is 5.64. The Hall–Kier alpha value is -2.38. The van der Waals surface area contributed by atoms with Crippen molar-refractivity contribution in [2.45, 2.75) is 6.54 Å². The van der Waals surface area contributed by atoms with Crippen molar-refractivity contribution in [1.82, 2.24) is 15.2 Å². The molecule has 3 rings (SSSR count). The van der Waals surface area contributed by atoms with Crippen molar-refractivity contribution in [2.75, 3.05) is 38.9 Å². The van der Waals surface area contributed by atoms with Gasteiger partial charge in [0.25, 0.3) is 0 Å². The zero-order valence-corrected chi connectivity index (χ0v) is 15.3. The molecule has 0 aliphatic carbocycles. The fourth-order valence-corrected chi connectivity index (χ4v) is 2.76. The van der Waals surface area contributed by atoms with Crippen molar-refractivity contribution < 1.29 is 9.47 Å². The van der Waals surface area contributed by atoms with Crippen LogP contribution in [0.15, 0.2) is 42.7 Å². The first-order chi connectivity index (χ1) is 12.1. The van der Waals surface area contributed by atoms with E-state index < -0.39 is 0 Å². The fraction of sp³-hybridized carbons (Fsp3) is 0.333. The van der Waals surface area contributed by atoms with Crippen LogP contribution in [0.1, 0.15) is 5.56 Å². The molecule has 0 unspecified atom stereocenters. The summed E-state index contributed by atoms with van der Waals surface area (Å²) in [5.41, 5.74) is 2.03. The van der Waals surface area contributed by atoms with Crippen LogP contribution in [0.25, 0.3) is 0 Å². The van der Waals surface area contributed by atoms with Crippen LogP contribution >= 0.6 is 12.2 Å². The molecule has 2 heterocycles. The topological polar surface area (TPSA) is 49.9 Å². The molecule has 0 amide bonds. The predicted molar refractivity (Wildman–Crippen MR) is 102 cm³/mol. The lowest BCUT2D eigenvalue weighted by Gasteiger charge is -2.26. The van der Waals surface area contributed by atoms with Gasteiger partial charge < -0.3 is 24.6 Å². The Labute approximate surface area is 153 Å². The Bertz CT molecular complexity index is 724. The van der Waals surface area contributed by atoms with Crippen molar-refractivity contribution in [1.29, 1.82) is 0 Å². The summed E-state index contributed by atoms with van der Waals surface area (Å²) in [5.74, 6) is 1.50. The number of ether oxygens (including phenoxy) is 2. The van der Waals surface area contributed by atoms with Gasteiger partial charge >= 0.3 is 0 Å². The van der Waals surface area contributed by atoms with E-state index in [0.717, 1.165) is 35.8 Å². The minimum atomic E-state index is 0.257. The van der Waals surface area contributed by atoms with E-state index in [9.17, 15) is 0 Å². The highest BCUT2D eigenvalue weighted by molar-refractivity contribution is 7.80. The summed E-state index contributed by atoms with van der Waals surface area (Å²) in [6, 6.07) is 9.82. The molecule has 6 nitrogen and oxygen atoms in total. The smallest absolute Gasteiger partial charge is 0.231 e. The highest BCUT2D eigenvalue weighted by atomic mass is 32.1. The average molecular weight is 358 g/mol. The Morgan fingerprint density at radius 2 is 2.08 bits per heavy atom. The van der Waals surface area contributed by atoms with E-state index in [1.54, 1.807) is 6.20 Å². The summed E-state index contributed by atoms with van der Waals surface area (Å²) in [6.45, 7) is 2.57. The van der Waals surface area contributed by atoms with Crippen molar-refractivity contribution in [3.05, 3.63) is 48.3 Å². The minimum absolute atomic E-state index is 0.257. The van der Waals surface area contributed by atoms with Gasteiger partial charge in [-0.05, 0) is 50.1 Å². The molecule has 7 heteroatoms. The molecule has 25 heavy (non-hydrogen) atoms. The molecule has 2 aromatic rings. The minimum Gasteiger partial charge on any atom is -0.454 e. The summed E-state index contributed by atoms with van der Waals surface area (Å²) in [6.07, 6.45) is 3.62. The number of aromatic nitrogens is 1. The van der Waals surface area contributed by atoms with Crippen molar-refractivity contribution >= 4 is 23.0 Å². The quantitative estimate of drug-likeness (QED) is 0.795. The highest BCUT2D eigenvalue weighted by Gasteiger charge is 2.18. The zero-order chi connectivity index (χ0) is 17.6. The van der Waals surface area contributed by atoms with Gasteiger partial charge in [0, 0.05) is 37.2 Å². The first-order valence-corrected chi connectivity index (χ1v) is 8.53. The van der Waals surface area contributed by atoms with Crippen LogP contribution in [-0.4, -0.2) is 49.0 Å². The second-order valence-electron chi connectivity index (χ2n) is 6.02. The number of anilines is 1. The number of fused-ring (bicyclic) bond motifs is 1. The van der Waals surface area contributed by atoms with Gasteiger partial charge in [0.2, 0.25) is 6.79 Å². The van der Waals surface area contributed by atoms with Crippen LogP contribution in [0.4, 0.5) is 5.69 Å².